The van der Waals surface area contributed by atoms with Crippen LogP contribution >= 0.6 is 0 Å². The van der Waals surface area contributed by atoms with Gasteiger partial charge in [0.25, 0.3) is 0 Å². The van der Waals surface area contributed by atoms with Crippen molar-refractivity contribution in [2.45, 2.75) is 25.8 Å². The van der Waals surface area contributed by atoms with Crippen LogP contribution < -0.4 is 20.1 Å². The minimum absolute atomic E-state index is 0.0604. The summed E-state index contributed by atoms with van der Waals surface area (Å²) < 4.78 is 10.6. The highest BCUT2D eigenvalue weighted by Crippen LogP contribution is 2.34. The molecule has 2 rings (SSSR count). The van der Waals surface area contributed by atoms with E-state index in [9.17, 15) is 4.79 Å². The van der Waals surface area contributed by atoms with E-state index in [1.54, 1.807) is 20.3 Å². The number of amides is 1. The van der Waals surface area contributed by atoms with E-state index in [0.717, 1.165) is 24.2 Å². The van der Waals surface area contributed by atoms with Crippen LogP contribution in [0.4, 0.5) is 5.69 Å². The summed E-state index contributed by atoms with van der Waals surface area (Å²) in [4.78, 5) is 11.8. The van der Waals surface area contributed by atoms with Gasteiger partial charge in [0.05, 0.1) is 26.5 Å². The van der Waals surface area contributed by atoms with Crippen LogP contribution in [-0.2, 0) is 4.79 Å². The maximum Gasteiger partial charge on any atom is 0.238 e. The van der Waals surface area contributed by atoms with E-state index in [2.05, 4.69) is 10.6 Å². The van der Waals surface area contributed by atoms with Gasteiger partial charge >= 0.3 is 0 Å². The Morgan fingerprint density at radius 1 is 1.32 bits per heavy atom. The van der Waals surface area contributed by atoms with E-state index in [1.165, 1.54) is 0 Å². The molecule has 1 aliphatic rings. The maximum atomic E-state index is 11.8. The van der Waals surface area contributed by atoms with Crippen LogP contribution in [0, 0.1) is 6.92 Å². The zero-order valence-corrected chi connectivity index (χ0v) is 11.6. The van der Waals surface area contributed by atoms with Crippen molar-refractivity contribution in [3.63, 3.8) is 0 Å². The quantitative estimate of drug-likeness (QED) is 0.821. The molecule has 5 nitrogen and oxygen atoms in total. The normalized spacial score (nSPS) is 14.1. The Balaban J connectivity index is 2.05. The number of hydrogen-bond acceptors (Lipinski definition) is 4. The van der Waals surface area contributed by atoms with Gasteiger partial charge in [0, 0.05) is 11.6 Å². The number of rotatable bonds is 6. The fraction of sp³-hybridized carbons (Fsp3) is 0.500. The van der Waals surface area contributed by atoms with Crippen LogP contribution in [0.15, 0.2) is 12.1 Å². The average molecular weight is 264 g/mol. The van der Waals surface area contributed by atoms with Crippen LogP contribution in [0.3, 0.4) is 0 Å². The Bertz CT molecular complexity index is 470. The standard InChI is InChI=1S/C14H20N2O3/c1-9-12(18-2)7-6-11(14(9)19-3)16-13(17)8-15-10-4-5-10/h6-7,10,15H,4-5,8H2,1-3H3,(H,16,17). The number of carbonyl (C=O) groups excluding carboxylic acids is 1. The highest BCUT2D eigenvalue weighted by atomic mass is 16.5. The fourth-order valence-corrected chi connectivity index (χ4v) is 1.98. The molecule has 0 bridgehead atoms. The predicted molar refractivity (Wildman–Crippen MR) is 73.9 cm³/mol. The number of nitrogens with one attached hydrogen (secondary N) is 2. The zero-order chi connectivity index (χ0) is 13.8. The third-order valence-corrected chi connectivity index (χ3v) is 3.18. The molecule has 0 aliphatic heterocycles. The first-order valence-electron chi connectivity index (χ1n) is 6.40. The van der Waals surface area contributed by atoms with Gasteiger partial charge < -0.3 is 20.1 Å². The lowest BCUT2D eigenvalue weighted by Crippen LogP contribution is -2.29. The lowest BCUT2D eigenvalue weighted by atomic mass is 10.1. The van der Waals surface area contributed by atoms with Crippen molar-refractivity contribution in [2.24, 2.45) is 0 Å². The van der Waals surface area contributed by atoms with Crippen molar-refractivity contribution in [2.75, 3.05) is 26.1 Å². The van der Waals surface area contributed by atoms with E-state index in [1.807, 2.05) is 13.0 Å². The minimum Gasteiger partial charge on any atom is -0.496 e. The van der Waals surface area contributed by atoms with Gasteiger partial charge in [0.2, 0.25) is 5.91 Å². The highest BCUT2D eigenvalue weighted by Gasteiger charge is 2.21. The molecular weight excluding hydrogens is 244 g/mol. The van der Waals surface area contributed by atoms with Crippen molar-refractivity contribution in [1.29, 1.82) is 0 Å². The Morgan fingerprint density at radius 2 is 2.05 bits per heavy atom. The van der Waals surface area contributed by atoms with Crippen LogP contribution in [0.5, 0.6) is 11.5 Å². The molecule has 1 saturated carbocycles. The average Bonchev–Trinajstić information content (AvgIpc) is 3.21. The van der Waals surface area contributed by atoms with Crippen molar-refractivity contribution >= 4 is 11.6 Å². The van der Waals surface area contributed by atoms with Gasteiger partial charge in [-0.05, 0) is 31.9 Å². The maximum absolute atomic E-state index is 11.8. The van der Waals surface area contributed by atoms with Crippen LogP contribution in [0.2, 0.25) is 0 Å². The number of benzene rings is 1. The molecule has 104 valence electrons. The number of hydrogen-bond donors (Lipinski definition) is 2. The first-order valence-corrected chi connectivity index (χ1v) is 6.40. The predicted octanol–water partition coefficient (Wildman–Crippen LogP) is 1.70. The second-order valence-corrected chi connectivity index (χ2v) is 4.68. The Morgan fingerprint density at radius 3 is 2.63 bits per heavy atom. The van der Waals surface area contributed by atoms with Gasteiger partial charge in [-0.25, -0.2) is 0 Å². The molecule has 0 heterocycles. The molecule has 0 unspecified atom stereocenters. The summed E-state index contributed by atoms with van der Waals surface area (Å²) in [6.07, 6.45) is 2.33. The molecule has 0 aromatic heterocycles. The van der Waals surface area contributed by atoms with E-state index in [4.69, 9.17) is 9.47 Å². The number of ether oxygens (including phenoxy) is 2. The zero-order valence-electron chi connectivity index (χ0n) is 11.6. The summed E-state index contributed by atoms with van der Waals surface area (Å²) in [7, 11) is 3.19. The van der Waals surface area contributed by atoms with Crippen LogP contribution in [0.1, 0.15) is 18.4 Å². The minimum atomic E-state index is -0.0604. The van der Waals surface area contributed by atoms with E-state index in [0.29, 0.717) is 24.0 Å². The fourth-order valence-electron chi connectivity index (χ4n) is 1.98. The molecular formula is C14H20N2O3. The largest absolute Gasteiger partial charge is 0.496 e. The summed E-state index contributed by atoms with van der Waals surface area (Å²) >= 11 is 0. The van der Waals surface area contributed by atoms with Gasteiger partial charge in [-0.2, -0.15) is 0 Å². The lowest BCUT2D eigenvalue weighted by molar-refractivity contribution is -0.115. The van der Waals surface area contributed by atoms with E-state index >= 15 is 0 Å². The van der Waals surface area contributed by atoms with Crippen molar-refractivity contribution in [1.82, 2.24) is 5.32 Å². The first kappa shape index (κ1) is 13.7. The molecule has 2 N–H and O–H groups in total. The van der Waals surface area contributed by atoms with Crippen molar-refractivity contribution in [3.8, 4) is 11.5 Å². The number of methoxy groups -OCH3 is 2. The van der Waals surface area contributed by atoms with Gasteiger partial charge in [0.15, 0.2) is 0 Å². The van der Waals surface area contributed by atoms with Gasteiger partial charge in [0.1, 0.15) is 11.5 Å². The number of carbonyl (C=O) groups is 1. The smallest absolute Gasteiger partial charge is 0.238 e. The molecule has 19 heavy (non-hydrogen) atoms. The topological polar surface area (TPSA) is 59.6 Å². The second-order valence-electron chi connectivity index (χ2n) is 4.68. The molecule has 1 fully saturated rings. The SMILES string of the molecule is COc1ccc(NC(=O)CNC2CC2)c(OC)c1C. The third kappa shape index (κ3) is 3.38. The molecule has 0 saturated heterocycles. The monoisotopic (exact) mass is 264 g/mol. The second kappa shape index (κ2) is 5.93. The highest BCUT2D eigenvalue weighted by molar-refractivity contribution is 5.94. The molecule has 1 aliphatic carbocycles. The van der Waals surface area contributed by atoms with Crippen LogP contribution in [0.25, 0.3) is 0 Å². The summed E-state index contributed by atoms with van der Waals surface area (Å²) in [6, 6.07) is 4.13. The summed E-state index contributed by atoms with van der Waals surface area (Å²) in [5.74, 6) is 1.32. The molecule has 1 aromatic rings. The summed E-state index contributed by atoms with van der Waals surface area (Å²) in [5.41, 5.74) is 1.54. The van der Waals surface area contributed by atoms with Crippen molar-refractivity contribution < 1.29 is 14.3 Å². The summed E-state index contributed by atoms with van der Waals surface area (Å²) in [5, 5.41) is 6.03. The van der Waals surface area contributed by atoms with Gasteiger partial charge in [-0.3, -0.25) is 4.79 Å². The Hall–Kier alpha value is -1.75. The van der Waals surface area contributed by atoms with E-state index in [-0.39, 0.29) is 5.91 Å². The lowest BCUT2D eigenvalue weighted by Gasteiger charge is -2.15. The van der Waals surface area contributed by atoms with Crippen LogP contribution in [-0.4, -0.2) is 32.7 Å². The third-order valence-electron chi connectivity index (χ3n) is 3.18. The van der Waals surface area contributed by atoms with Crippen molar-refractivity contribution in [3.05, 3.63) is 17.7 Å². The summed E-state index contributed by atoms with van der Waals surface area (Å²) in [6.45, 7) is 2.23. The Kier molecular flexibility index (Phi) is 4.27. The molecule has 0 atom stereocenters. The number of anilines is 1. The molecule has 0 spiro atoms. The van der Waals surface area contributed by atoms with Gasteiger partial charge in [-0.15, -0.1) is 0 Å². The molecule has 1 amide bonds. The first-order chi connectivity index (χ1) is 9.15. The van der Waals surface area contributed by atoms with E-state index < -0.39 is 0 Å². The molecule has 1 aromatic carbocycles. The Labute approximate surface area is 113 Å². The molecule has 5 heteroatoms. The molecule has 0 radical (unpaired) electrons. The van der Waals surface area contributed by atoms with Gasteiger partial charge in [-0.1, -0.05) is 0 Å².